The molecule has 0 amide bonds. The summed E-state index contributed by atoms with van der Waals surface area (Å²) in [6.07, 6.45) is 2.33. The molecule has 28 heavy (non-hydrogen) atoms. The number of H-pyrrole nitrogens is 1. The Morgan fingerprint density at radius 3 is 2.61 bits per heavy atom. The van der Waals surface area contributed by atoms with Crippen molar-refractivity contribution in [3.63, 3.8) is 0 Å². The number of nitrogens with zero attached hydrogens (tertiary/aromatic N) is 2. The molecule has 3 N–H and O–H groups in total. The van der Waals surface area contributed by atoms with Crippen LogP contribution in [0, 0.1) is 18.7 Å². The van der Waals surface area contributed by atoms with Crippen LogP contribution in [0.5, 0.6) is 0 Å². The van der Waals surface area contributed by atoms with Gasteiger partial charge in [0, 0.05) is 24.2 Å². The topological polar surface area (TPSA) is 73.1 Å². The van der Waals surface area contributed by atoms with Crippen LogP contribution in [0.15, 0.2) is 29.1 Å². The lowest BCUT2D eigenvalue weighted by atomic mass is 9.91. The van der Waals surface area contributed by atoms with E-state index < -0.39 is 11.4 Å². The molecule has 7 heteroatoms. The van der Waals surface area contributed by atoms with E-state index in [0.717, 1.165) is 30.6 Å². The van der Waals surface area contributed by atoms with Crippen molar-refractivity contribution in [1.29, 1.82) is 0 Å². The molecule has 0 saturated carbocycles. The predicted molar refractivity (Wildman–Crippen MR) is 109 cm³/mol. The summed E-state index contributed by atoms with van der Waals surface area (Å²) < 4.78 is 13.5. The Bertz CT molecular complexity index is 858. The van der Waals surface area contributed by atoms with Gasteiger partial charge in [-0.25, -0.2) is 4.98 Å². The highest BCUT2D eigenvalue weighted by atomic mass is 19.1. The number of hydrazine groups is 1. The molecule has 0 aliphatic carbocycles. The lowest BCUT2D eigenvalue weighted by Gasteiger charge is -2.21. The van der Waals surface area contributed by atoms with Gasteiger partial charge < -0.3 is 9.88 Å². The fourth-order valence-electron chi connectivity index (χ4n) is 3.92. The zero-order valence-corrected chi connectivity index (χ0v) is 17.1. The first kappa shape index (κ1) is 20.6. The van der Waals surface area contributed by atoms with Crippen molar-refractivity contribution in [1.82, 2.24) is 25.7 Å². The van der Waals surface area contributed by atoms with Gasteiger partial charge in [-0.2, -0.15) is 4.39 Å². The van der Waals surface area contributed by atoms with E-state index in [-0.39, 0.29) is 5.69 Å². The zero-order valence-electron chi connectivity index (χ0n) is 17.1. The van der Waals surface area contributed by atoms with Crippen molar-refractivity contribution in [2.24, 2.45) is 5.92 Å². The summed E-state index contributed by atoms with van der Waals surface area (Å²) in [5.41, 5.74) is 7.93. The number of hydrogen-bond acceptors (Lipinski definition) is 5. The van der Waals surface area contributed by atoms with Crippen LogP contribution in [0.2, 0.25) is 0 Å². The van der Waals surface area contributed by atoms with Crippen LogP contribution in [0.4, 0.5) is 4.39 Å². The number of aromatic amines is 1. The third kappa shape index (κ3) is 4.84. The molecule has 1 aromatic heterocycles. The van der Waals surface area contributed by atoms with E-state index in [4.69, 9.17) is 0 Å². The van der Waals surface area contributed by atoms with Crippen LogP contribution in [0.1, 0.15) is 37.9 Å². The monoisotopic (exact) mass is 387 g/mol. The third-order valence-corrected chi connectivity index (χ3v) is 5.58. The number of aromatic nitrogens is 2. The van der Waals surface area contributed by atoms with Crippen molar-refractivity contribution in [2.45, 2.75) is 52.2 Å². The quantitative estimate of drug-likeness (QED) is 0.681. The molecule has 152 valence electrons. The molecule has 1 aromatic carbocycles. The number of aryl methyl sites for hydroxylation is 1. The average Bonchev–Trinajstić information content (AvgIpc) is 2.98. The molecule has 6 nitrogen and oxygen atoms in total. The molecule has 0 radical (unpaired) electrons. The van der Waals surface area contributed by atoms with Crippen molar-refractivity contribution in [3.05, 3.63) is 51.7 Å². The summed E-state index contributed by atoms with van der Waals surface area (Å²) in [5, 5.41) is 0. The van der Waals surface area contributed by atoms with Crippen LogP contribution >= 0.6 is 0 Å². The second-order valence-corrected chi connectivity index (χ2v) is 7.92. The smallest absolute Gasteiger partial charge is 0.287 e. The first-order chi connectivity index (χ1) is 13.3. The summed E-state index contributed by atoms with van der Waals surface area (Å²) in [5.74, 6) is 0.231. The first-order valence-corrected chi connectivity index (χ1v) is 9.90. The number of benzene rings is 1. The maximum absolute atomic E-state index is 13.5. The summed E-state index contributed by atoms with van der Waals surface area (Å²) >= 11 is 0. The van der Waals surface area contributed by atoms with Gasteiger partial charge >= 0.3 is 0 Å². The van der Waals surface area contributed by atoms with Crippen molar-refractivity contribution >= 4 is 0 Å². The summed E-state index contributed by atoms with van der Waals surface area (Å²) in [7, 11) is 2.12. The zero-order chi connectivity index (χ0) is 20.3. The van der Waals surface area contributed by atoms with Gasteiger partial charge in [-0.1, -0.05) is 18.2 Å². The molecular formula is C21H30FN5O. The van der Waals surface area contributed by atoms with E-state index >= 15 is 0 Å². The molecule has 2 atom stereocenters. The second kappa shape index (κ2) is 8.94. The Morgan fingerprint density at radius 2 is 1.93 bits per heavy atom. The highest BCUT2D eigenvalue weighted by Crippen LogP contribution is 2.21. The largest absolute Gasteiger partial charge is 0.304 e. The average molecular weight is 388 g/mol. The Labute approximate surface area is 165 Å². The predicted octanol–water partition coefficient (Wildman–Crippen LogP) is 2.60. The van der Waals surface area contributed by atoms with E-state index in [1.165, 1.54) is 13.3 Å². The Morgan fingerprint density at radius 1 is 1.21 bits per heavy atom. The second-order valence-electron chi connectivity index (χ2n) is 7.92. The fraction of sp³-hybridized carbons (Fsp3) is 0.524. The third-order valence-electron chi connectivity index (χ3n) is 5.58. The Balaban J connectivity index is 1.59. The standard InChI is InChI=1S/C21H30FN5O/c1-13-18(14(2)26-25-13)9-6-10-27(4)12-16-7-5-8-17(11-16)20-23-15(3)19(22)21(28)24-20/h5,7-8,11,13-14,18,25-26H,6,9-10,12H2,1-4H3,(H,23,24,28). The number of nitrogens with one attached hydrogen (secondary N) is 3. The molecule has 3 rings (SSSR count). The van der Waals surface area contributed by atoms with Gasteiger partial charge in [-0.3, -0.25) is 15.6 Å². The van der Waals surface area contributed by atoms with E-state index in [0.29, 0.717) is 23.8 Å². The van der Waals surface area contributed by atoms with Crippen LogP contribution in [-0.2, 0) is 6.54 Å². The number of halogens is 1. The van der Waals surface area contributed by atoms with Gasteiger partial charge in [0.2, 0.25) is 5.82 Å². The highest BCUT2D eigenvalue weighted by Gasteiger charge is 2.28. The van der Waals surface area contributed by atoms with E-state index in [9.17, 15) is 9.18 Å². The lowest BCUT2D eigenvalue weighted by molar-refractivity contribution is 0.296. The van der Waals surface area contributed by atoms with E-state index in [1.807, 2.05) is 18.2 Å². The van der Waals surface area contributed by atoms with E-state index in [1.54, 1.807) is 0 Å². The Hall–Kier alpha value is -2.09. The van der Waals surface area contributed by atoms with Crippen molar-refractivity contribution in [3.8, 4) is 11.4 Å². The summed E-state index contributed by atoms with van der Waals surface area (Å²) in [6, 6.07) is 8.89. The van der Waals surface area contributed by atoms with Crippen LogP contribution in [0.3, 0.4) is 0 Å². The van der Waals surface area contributed by atoms with Crippen LogP contribution < -0.4 is 16.4 Å². The first-order valence-electron chi connectivity index (χ1n) is 9.90. The molecule has 1 aliphatic rings. The minimum atomic E-state index is -0.823. The van der Waals surface area contributed by atoms with Crippen molar-refractivity contribution < 1.29 is 4.39 Å². The number of rotatable bonds is 7. The minimum Gasteiger partial charge on any atom is -0.304 e. The summed E-state index contributed by atoms with van der Waals surface area (Å²) in [4.78, 5) is 20.7. The Kier molecular flexibility index (Phi) is 6.59. The molecule has 0 spiro atoms. The number of hydrogen-bond donors (Lipinski definition) is 3. The van der Waals surface area contributed by atoms with Gasteiger partial charge in [-0.05, 0) is 64.8 Å². The molecule has 1 fully saturated rings. The van der Waals surface area contributed by atoms with Crippen LogP contribution in [0.25, 0.3) is 11.4 Å². The SMILES string of the molecule is Cc1nc(-c2cccc(CN(C)CCCC3C(C)NNC3C)c2)[nH]c(=O)c1F. The fourth-order valence-corrected chi connectivity index (χ4v) is 3.92. The minimum absolute atomic E-state index is 0.112. The summed E-state index contributed by atoms with van der Waals surface area (Å²) in [6.45, 7) is 7.79. The van der Waals surface area contributed by atoms with Crippen molar-refractivity contribution in [2.75, 3.05) is 13.6 Å². The molecule has 2 aromatic rings. The van der Waals surface area contributed by atoms with Gasteiger partial charge in [0.05, 0.1) is 5.69 Å². The molecule has 0 bridgehead atoms. The van der Waals surface area contributed by atoms with Gasteiger partial charge in [-0.15, -0.1) is 0 Å². The van der Waals surface area contributed by atoms with Crippen LogP contribution in [-0.4, -0.2) is 40.5 Å². The molecule has 1 aliphatic heterocycles. The maximum Gasteiger partial charge on any atom is 0.287 e. The lowest BCUT2D eigenvalue weighted by Crippen LogP contribution is -2.30. The molecule has 1 saturated heterocycles. The van der Waals surface area contributed by atoms with Gasteiger partial charge in [0.25, 0.3) is 5.56 Å². The van der Waals surface area contributed by atoms with Gasteiger partial charge in [0.1, 0.15) is 5.82 Å². The van der Waals surface area contributed by atoms with Gasteiger partial charge in [0.15, 0.2) is 0 Å². The molecule has 2 heterocycles. The maximum atomic E-state index is 13.5. The molecular weight excluding hydrogens is 357 g/mol. The normalized spacial score (nSPS) is 22.1. The van der Waals surface area contributed by atoms with E-state index in [2.05, 4.69) is 52.7 Å². The molecule has 2 unspecified atom stereocenters. The highest BCUT2D eigenvalue weighted by molar-refractivity contribution is 5.56.